The van der Waals surface area contributed by atoms with Crippen LogP contribution >= 0.6 is 0 Å². The molecule has 2 aliphatic heterocycles. The van der Waals surface area contributed by atoms with Crippen LogP contribution in [0.4, 0.5) is 17.6 Å². The van der Waals surface area contributed by atoms with Crippen LogP contribution in [0, 0.1) is 24.7 Å². The molecule has 5 N–H and O–H groups in total. The van der Waals surface area contributed by atoms with Crippen LogP contribution in [0.3, 0.4) is 0 Å². The summed E-state index contributed by atoms with van der Waals surface area (Å²) in [6.07, 6.45) is 5.23. The summed E-state index contributed by atoms with van der Waals surface area (Å²) in [6, 6.07) is 3.74. The number of rotatable bonds is 3. The Balaban J connectivity index is 1.43. The molecule has 9 nitrogen and oxygen atoms in total. The van der Waals surface area contributed by atoms with Gasteiger partial charge in [0.1, 0.15) is 11.6 Å². The van der Waals surface area contributed by atoms with E-state index in [4.69, 9.17) is 11.5 Å². The zero-order chi connectivity index (χ0) is 23.4. The molecule has 0 unspecified atom stereocenters. The van der Waals surface area contributed by atoms with E-state index in [1.54, 1.807) is 12.3 Å². The third-order valence-corrected chi connectivity index (χ3v) is 6.44. The Labute approximate surface area is 195 Å². The molecule has 2 fully saturated rings. The fourth-order valence-corrected chi connectivity index (χ4v) is 4.39. The quantitative estimate of drug-likeness (QED) is 0.598. The maximum Gasteiger partial charge on any atom is 0.223 e. The summed E-state index contributed by atoms with van der Waals surface area (Å²) in [5.74, 6) is 8.10. The number of hydrogen-bond donors (Lipinski definition) is 3. The van der Waals surface area contributed by atoms with Crippen molar-refractivity contribution in [2.45, 2.75) is 38.6 Å². The standard InChI is InChI=1S/C24H32N8O/c1-16-20(5-3-17-4-6-21(25)27-15-17)22(30-24(26)28-16)32-13-9-19(10-14-32)29-23(33)18-7-11-31(2)12-8-18/h4,6,15,18-19H,7-14H2,1-2H3,(H2,25,27)(H,29,33)(H2,26,28,30). The summed E-state index contributed by atoms with van der Waals surface area (Å²) in [7, 11) is 2.11. The van der Waals surface area contributed by atoms with Crippen LogP contribution in [0.25, 0.3) is 0 Å². The molecule has 2 aromatic heterocycles. The predicted molar refractivity (Wildman–Crippen MR) is 129 cm³/mol. The summed E-state index contributed by atoms with van der Waals surface area (Å²) in [6.45, 7) is 5.41. The zero-order valence-electron chi connectivity index (χ0n) is 19.3. The van der Waals surface area contributed by atoms with Gasteiger partial charge in [-0.2, -0.15) is 4.98 Å². The maximum absolute atomic E-state index is 12.7. The highest BCUT2D eigenvalue weighted by atomic mass is 16.2. The largest absolute Gasteiger partial charge is 0.384 e. The molecule has 4 heterocycles. The van der Waals surface area contributed by atoms with Crippen molar-refractivity contribution in [1.82, 2.24) is 25.2 Å². The van der Waals surface area contributed by atoms with E-state index >= 15 is 0 Å². The fraction of sp³-hybridized carbons (Fsp3) is 0.500. The van der Waals surface area contributed by atoms with Gasteiger partial charge in [0.15, 0.2) is 0 Å². The summed E-state index contributed by atoms with van der Waals surface area (Å²) < 4.78 is 0. The van der Waals surface area contributed by atoms with Gasteiger partial charge in [-0.15, -0.1) is 0 Å². The minimum Gasteiger partial charge on any atom is -0.384 e. The lowest BCUT2D eigenvalue weighted by molar-refractivity contribution is -0.127. The number of carbonyl (C=O) groups is 1. The average molecular weight is 449 g/mol. The van der Waals surface area contributed by atoms with Gasteiger partial charge >= 0.3 is 0 Å². The zero-order valence-corrected chi connectivity index (χ0v) is 19.3. The van der Waals surface area contributed by atoms with Crippen LogP contribution in [0.5, 0.6) is 0 Å². The highest BCUT2D eigenvalue weighted by molar-refractivity contribution is 5.79. The summed E-state index contributed by atoms with van der Waals surface area (Å²) in [5.41, 5.74) is 13.9. The van der Waals surface area contributed by atoms with Crippen LogP contribution in [-0.4, -0.2) is 65.0 Å². The Kier molecular flexibility index (Phi) is 6.94. The van der Waals surface area contributed by atoms with E-state index in [1.807, 2.05) is 13.0 Å². The number of piperidine rings is 2. The topological polar surface area (TPSA) is 126 Å². The molecular formula is C24H32N8O. The molecule has 0 saturated carbocycles. The first-order valence-corrected chi connectivity index (χ1v) is 11.5. The number of pyridine rings is 1. The SMILES string of the molecule is Cc1nc(N)nc(N2CCC(NC(=O)C3CCN(C)CC3)CC2)c1C#Cc1ccc(N)nc1. The van der Waals surface area contributed by atoms with Crippen molar-refractivity contribution >= 4 is 23.5 Å². The number of nitrogens with one attached hydrogen (secondary N) is 1. The highest BCUT2D eigenvalue weighted by Crippen LogP contribution is 2.25. The second-order valence-electron chi connectivity index (χ2n) is 8.94. The van der Waals surface area contributed by atoms with E-state index in [1.165, 1.54) is 0 Å². The Morgan fingerprint density at radius 3 is 2.45 bits per heavy atom. The number of carbonyl (C=O) groups excluding carboxylic acids is 1. The van der Waals surface area contributed by atoms with E-state index in [0.29, 0.717) is 5.82 Å². The van der Waals surface area contributed by atoms with E-state index in [9.17, 15) is 4.79 Å². The van der Waals surface area contributed by atoms with Gasteiger partial charge in [0.2, 0.25) is 11.9 Å². The molecule has 0 atom stereocenters. The molecule has 2 saturated heterocycles. The third-order valence-electron chi connectivity index (χ3n) is 6.44. The molecule has 9 heteroatoms. The minimum atomic E-state index is 0.133. The van der Waals surface area contributed by atoms with Crippen molar-refractivity contribution in [2.24, 2.45) is 5.92 Å². The van der Waals surface area contributed by atoms with Crippen LogP contribution in [0.15, 0.2) is 18.3 Å². The predicted octanol–water partition coefficient (Wildman–Crippen LogP) is 1.17. The molecule has 0 aliphatic carbocycles. The Morgan fingerprint density at radius 1 is 1.06 bits per heavy atom. The molecule has 2 aliphatic rings. The molecule has 0 aromatic carbocycles. The monoisotopic (exact) mass is 448 g/mol. The van der Waals surface area contributed by atoms with Crippen molar-refractivity contribution in [3.63, 3.8) is 0 Å². The molecule has 33 heavy (non-hydrogen) atoms. The summed E-state index contributed by atoms with van der Waals surface area (Å²) in [5, 5.41) is 3.28. The molecular weight excluding hydrogens is 416 g/mol. The Bertz CT molecular complexity index is 1040. The van der Waals surface area contributed by atoms with Crippen molar-refractivity contribution in [3.05, 3.63) is 35.2 Å². The number of hydrogen-bond acceptors (Lipinski definition) is 8. The normalized spacial score (nSPS) is 17.9. The number of anilines is 3. The van der Waals surface area contributed by atoms with Crippen LogP contribution in [0.1, 0.15) is 42.5 Å². The second kappa shape index (κ2) is 10.0. The molecule has 0 spiro atoms. The van der Waals surface area contributed by atoms with Crippen molar-refractivity contribution in [3.8, 4) is 11.8 Å². The van der Waals surface area contributed by atoms with Crippen molar-refractivity contribution < 1.29 is 4.79 Å². The first kappa shape index (κ1) is 22.8. The minimum absolute atomic E-state index is 0.133. The fourth-order valence-electron chi connectivity index (χ4n) is 4.39. The molecule has 0 bridgehead atoms. The number of likely N-dealkylation sites (tertiary alicyclic amines) is 1. The number of amides is 1. The van der Waals surface area contributed by atoms with E-state index in [0.717, 1.165) is 74.5 Å². The number of nitrogen functional groups attached to an aromatic ring is 2. The van der Waals surface area contributed by atoms with Crippen LogP contribution < -0.4 is 21.7 Å². The lowest BCUT2D eigenvalue weighted by Gasteiger charge is -2.35. The lowest BCUT2D eigenvalue weighted by atomic mass is 9.95. The van der Waals surface area contributed by atoms with Crippen molar-refractivity contribution in [1.29, 1.82) is 0 Å². The van der Waals surface area contributed by atoms with Gasteiger partial charge in [-0.05, 0) is 64.9 Å². The Morgan fingerprint density at radius 2 is 1.79 bits per heavy atom. The molecule has 0 radical (unpaired) electrons. The van der Waals surface area contributed by atoms with Gasteiger partial charge in [-0.25, -0.2) is 9.97 Å². The molecule has 2 aromatic rings. The van der Waals surface area contributed by atoms with Gasteiger partial charge in [0, 0.05) is 36.8 Å². The number of aromatic nitrogens is 3. The van der Waals surface area contributed by atoms with Gasteiger partial charge in [-0.3, -0.25) is 4.79 Å². The number of nitrogens with two attached hydrogens (primary N) is 2. The maximum atomic E-state index is 12.7. The first-order valence-electron chi connectivity index (χ1n) is 11.5. The average Bonchev–Trinajstić information content (AvgIpc) is 2.80. The van der Waals surface area contributed by atoms with Gasteiger partial charge in [0.25, 0.3) is 0 Å². The lowest BCUT2D eigenvalue weighted by Crippen LogP contribution is -2.48. The van der Waals surface area contributed by atoms with E-state index in [2.05, 4.69) is 49.0 Å². The summed E-state index contributed by atoms with van der Waals surface area (Å²) >= 11 is 0. The first-order chi connectivity index (χ1) is 15.9. The second-order valence-corrected chi connectivity index (χ2v) is 8.94. The highest BCUT2D eigenvalue weighted by Gasteiger charge is 2.28. The third kappa shape index (κ3) is 5.71. The van der Waals surface area contributed by atoms with Crippen molar-refractivity contribution in [2.75, 3.05) is 49.6 Å². The van der Waals surface area contributed by atoms with E-state index in [-0.39, 0.29) is 23.8 Å². The van der Waals surface area contributed by atoms with Gasteiger partial charge in [0.05, 0.1) is 11.3 Å². The van der Waals surface area contributed by atoms with E-state index < -0.39 is 0 Å². The molecule has 4 rings (SSSR count). The smallest absolute Gasteiger partial charge is 0.223 e. The molecule has 174 valence electrons. The van der Waals surface area contributed by atoms with Crippen LogP contribution in [0.2, 0.25) is 0 Å². The van der Waals surface area contributed by atoms with Crippen LogP contribution in [-0.2, 0) is 4.79 Å². The van der Waals surface area contributed by atoms with Gasteiger partial charge in [-0.1, -0.05) is 11.8 Å². The Hall–Kier alpha value is -3.38. The summed E-state index contributed by atoms with van der Waals surface area (Å²) in [4.78, 5) is 30.1. The number of aryl methyl sites for hydroxylation is 1. The molecule has 1 amide bonds. The van der Waals surface area contributed by atoms with Gasteiger partial charge < -0.3 is 26.6 Å². The number of nitrogens with zero attached hydrogens (tertiary/aromatic N) is 5.